The molecule has 3 aromatic rings. The van der Waals surface area contributed by atoms with Gasteiger partial charge in [0.15, 0.2) is 0 Å². The largest absolute Gasteiger partial charge is 0.420 e. The normalized spacial score (nSPS) is 11.6. The number of nitrogens with zero attached hydrogens (tertiary/aromatic N) is 1. The van der Waals surface area contributed by atoms with Crippen LogP contribution in [0.2, 0.25) is 0 Å². The van der Waals surface area contributed by atoms with Crippen molar-refractivity contribution in [2.45, 2.75) is 13.1 Å². The lowest BCUT2D eigenvalue weighted by atomic mass is 9.99. The van der Waals surface area contributed by atoms with E-state index in [2.05, 4.69) is 10.2 Å². The number of aromatic amines is 1. The average molecular weight is 302 g/mol. The SMILES string of the molecule is Cc1ccccc1-c1n[nH]c(-c2ccccc2)c1C(F)(F)F. The smallest absolute Gasteiger partial charge is 0.277 e. The van der Waals surface area contributed by atoms with Crippen LogP contribution in [0.15, 0.2) is 54.6 Å². The van der Waals surface area contributed by atoms with E-state index in [0.29, 0.717) is 11.1 Å². The molecule has 0 spiro atoms. The van der Waals surface area contributed by atoms with E-state index in [-0.39, 0.29) is 11.4 Å². The van der Waals surface area contributed by atoms with Crippen LogP contribution in [-0.2, 0) is 6.18 Å². The fourth-order valence-electron chi connectivity index (χ4n) is 2.47. The van der Waals surface area contributed by atoms with Gasteiger partial charge in [0, 0.05) is 11.1 Å². The molecule has 112 valence electrons. The molecule has 0 aliphatic rings. The second-order valence-corrected chi connectivity index (χ2v) is 5.00. The van der Waals surface area contributed by atoms with Crippen LogP contribution in [0.4, 0.5) is 13.2 Å². The molecule has 1 aromatic heterocycles. The Morgan fingerprint density at radius 2 is 1.55 bits per heavy atom. The third kappa shape index (κ3) is 2.50. The molecule has 2 nitrogen and oxygen atoms in total. The molecule has 0 unspecified atom stereocenters. The Bertz CT molecular complexity index is 789. The van der Waals surface area contributed by atoms with Crippen LogP contribution in [0.3, 0.4) is 0 Å². The third-order valence-electron chi connectivity index (χ3n) is 3.51. The second-order valence-electron chi connectivity index (χ2n) is 5.00. The summed E-state index contributed by atoms with van der Waals surface area (Å²) in [5.74, 6) is 0. The molecule has 0 bridgehead atoms. The number of benzene rings is 2. The second kappa shape index (κ2) is 5.33. The highest BCUT2D eigenvalue weighted by molar-refractivity contribution is 5.76. The van der Waals surface area contributed by atoms with Crippen molar-refractivity contribution in [1.29, 1.82) is 0 Å². The first-order valence-corrected chi connectivity index (χ1v) is 6.75. The number of alkyl halides is 3. The van der Waals surface area contributed by atoms with Gasteiger partial charge in [-0.25, -0.2) is 0 Å². The van der Waals surface area contributed by atoms with E-state index in [1.807, 2.05) is 0 Å². The van der Waals surface area contributed by atoms with Gasteiger partial charge >= 0.3 is 6.18 Å². The lowest BCUT2D eigenvalue weighted by Crippen LogP contribution is -2.07. The molecule has 0 amide bonds. The minimum atomic E-state index is -4.49. The fraction of sp³-hybridized carbons (Fsp3) is 0.118. The van der Waals surface area contributed by atoms with Crippen molar-refractivity contribution in [2.24, 2.45) is 0 Å². The number of hydrogen-bond acceptors (Lipinski definition) is 1. The summed E-state index contributed by atoms with van der Waals surface area (Å²) < 4.78 is 40.8. The molecule has 0 atom stereocenters. The van der Waals surface area contributed by atoms with Gasteiger partial charge in [-0.1, -0.05) is 54.6 Å². The predicted octanol–water partition coefficient (Wildman–Crippen LogP) is 5.07. The molecule has 0 aliphatic carbocycles. The molecule has 0 saturated heterocycles. The van der Waals surface area contributed by atoms with Gasteiger partial charge in [0.2, 0.25) is 0 Å². The Hall–Kier alpha value is -2.56. The van der Waals surface area contributed by atoms with E-state index in [1.54, 1.807) is 61.5 Å². The molecule has 0 fully saturated rings. The van der Waals surface area contributed by atoms with Crippen LogP contribution < -0.4 is 0 Å². The van der Waals surface area contributed by atoms with Crippen LogP contribution in [0.1, 0.15) is 11.1 Å². The number of hydrogen-bond donors (Lipinski definition) is 1. The van der Waals surface area contributed by atoms with Gasteiger partial charge in [0.05, 0.1) is 5.69 Å². The molecule has 1 heterocycles. The molecule has 0 aliphatic heterocycles. The van der Waals surface area contributed by atoms with Gasteiger partial charge < -0.3 is 0 Å². The molecule has 22 heavy (non-hydrogen) atoms. The Labute approximate surface area is 125 Å². The minimum absolute atomic E-state index is 0.00801. The van der Waals surface area contributed by atoms with Crippen molar-refractivity contribution in [2.75, 3.05) is 0 Å². The quantitative estimate of drug-likeness (QED) is 0.703. The molecule has 0 radical (unpaired) electrons. The Morgan fingerprint density at radius 1 is 0.909 bits per heavy atom. The maximum atomic E-state index is 13.6. The van der Waals surface area contributed by atoms with E-state index in [1.165, 1.54) is 0 Å². The van der Waals surface area contributed by atoms with Gasteiger partial charge in [-0.2, -0.15) is 18.3 Å². The monoisotopic (exact) mass is 302 g/mol. The maximum absolute atomic E-state index is 13.6. The van der Waals surface area contributed by atoms with Crippen LogP contribution in [0, 0.1) is 6.92 Å². The summed E-state index contributed by atoms with van der Waals surface area (Å²) in [6.45, 7) is 1.77. The van der Waals surface area contributed by atoms with Gasteiger partial charge in [0.1, 0.15) is 11.3 Å². The van der Waals surface area contributed by atoms with Crippen LogP contribution in [0.25, 0.3) is 22.5 Å². The zero-order valence-electron chi connectivity index (χ0n) is 11.8. The summed E-state index contributed by atoms with van der Waals surface area (Å²) in [5, 5.41) is 6.50. The molecule has 5 heteroatoms. The van der Waals surface area contributed by atoms with Crippen LogP contribution in [0.5, 0.6) is 0 Å². The fourth-order valence-corrected chi connectivity index (χ4v) is 2.47. The minimum Gasteiger partial charge on any atom is -0.277 e. The first kappa shape index (κ1) is 14.4. The van der Waals surface area contributed by atoms with Crippen molar-refractivity contribution in [3.8, 4) is 22.5 Å². The lowest BCUT2D eigenvalue weighted by molar-refractivity contribution is -0.136. The molecule has 0 saturated carbocycles. The topological polar surface area (TPSA) is 28.7 Å². The van der Waals surface area contributed by atoms with Crippen LogP contribution in [-0.4, -0.2) is 10.2 Å². The summed E-state index contributed by atoms with van der Waals surface area (Å²) in [6, 6.07) is 15.3. The highest BCUT2D eigenvalue weighted by Crippen LogP contribution is 2.42. The molecule has 2 aromatic carbocycles. The van der Waals surface area contributed by atoms with E-state index < -0.39 is 11.7 Å². The number of nitrogens with one attached hydrogen (secondary N) is 1. The average Bonchev–Trinajstić information content (AvgIpc) is 2.93. The molecular weight excluding hydrogens is 289 g/mol. The van der Waals surface area contributed by atoms with E-state index in [0.717, 1.165) is 5.56 Å². The Kier molecular flexibility index (Phi) is 3.48. The Morgan fingerprint density at radius 3 is 2.18 bits per heavy atom. The lowest BCUT2D eigenvalue weighted by Gasteiger charge is -2.11. The summed E-state index contributed by atoms with van der Waals surface area (Å²) in [6.07, 6.45) is -4.49. The van der Waals surface area contributed by atoms with E-state index in [4.69, 9.17) is 0 Å². The summed E-state index contributed by atoms with van der Waals surface area (Å²) in [4.78, 5) is 0. The van der Waals surface area contributed by atoms with Gasteiger partial charge in [-0.3, -0.25) is 5.10 Å². The maximum Gasteiger partial charge on any atom is 0.420 e. The van der Waals surface area contributed by atoms with Crippen molar-refractivity contribution in [1.82, 2.24) is 10.2 Å². The highest BCUT2D eigenvalue weighted by Gasteiger charge is 2.39. The number of halogens is 3. The van der Waals surface area contributed by atoms with Crippen molar-refractivity contribution >= 4 is 0 Å². The van der Waals surface area contributed by atoms with Crippen molar-refractivity contribution in [3.05, 3.63) is 65.7 Å². The van der Waals surface area contributed by atoms with Gasteiger partial charge in [-0.15, -0.1) is 0 Å². The van der Waals surface area contributed by atoms with E-state index in [9.17, 15) is 13.2 Å². The number of H-pyrrole nitrogens is 1. The van der Waals surface area contributed by atoms with E-state index >= 15 is 0 Å². The zero-order chi connectivity index (χ0) is 15.7. The van der Waals surface area contributed by atoms with Gasteiger partial charge in [0.25, 0.3) is 0 Å². The van der Waals surface area contributed by atoms with Crippen LogP contribution >= 0.6 is 0 Å². The zero-order valence-corrected chi connectivity index (χ0v) is 11.8. The predicted molar refractivity (Wildman–Crippen MR) is 79.2 cm³/mol. The first-order valence-electron chi connectivity index (χ1n) is 6.75. The summed E-state index contributed by atoms with van der Waals surface area (Å²) in [7, 11) is 0. The number of aromatic nitrogens is 2. The summed E-state index contributed by atoms with van der Waals surface area (Å²) >= 11 is 0. The first-order chi connectivity index (χ1) is 10.5. The molecule has 1 N–H and O–H groups in total. The number of aryl methyl sites for hydroxylation is 1. The van der Waals surface area contributed by atoms with Gasteiger partial charge in [-0.05, 0) is 12.5 Å². The molecular formula is C17H13F3N2. The van der Waals surface area contributed by atoms with Crippen molar-refractivity contribution < 1.29 is 13.2 Å². The Balaban J connectivity index is 2.26. The molecule has 3 rings (SSSR count). The summed E-state index contributed by atoms with van der Waals surface area (Å²) in [5.41, 5.74) is 0.887. The highest BCUT2D eigenvalue weighted by atomic mass is 19.4. The standard InChI is InChI=1S/C17H13F3N2/c1-11-7-5-6-10-13(11)16-14(17(18,19)20)15(21-22-16)12-8-3-2-4-9-12/h2-10H,1H3,(H,21,22). The third-order valence-corrected chi connectivity index (χ3v) is 3.51. The number of rotatable bonds is 2. The van der Waals surface area contributed by atoms with Crippen molar-refractivity contribution in [3.63, 3.8) is 0 Å².